The van der Waals surface area contributed by atoms with Gasteiger partial charge < -0.3 is 19.7 Å². The first kappa shape index (κ1) is 21.1. The molecule has 1 aliphatic rings. The summed E-state index contributed by atoms with van der Waals surface area (Å²) in [5, 5.41) is 3.36. The normalized spacial score (nSPS) is 14.4. The molecule has 4 rings (SSSR count). The molecular weight excluding hydrogens is 435 g/mol. The third-order valence-electron chi connectivity index (χ3n) is 4.37. The maximum Gasteiger partial charge on any atom is 0.416 e. The van der Waals surface area contributed by atoms with Crippen LogP contribution in [-0.4, -0.2) is 41.3 Å². The number of ether oxygens (including phenoxy) is 2. The van der Waals surface area contributed by atoms with E-state index in [1.807, 2.05) is 4.90 Å². The molecule has 1 fully saturated rings. The zero-order valence-electron chi connectivity index (χ0n) is 16.1. The standard InChI is InChI=1S/C20H17ClF3N5O2/c21-14-4-6-16(7-5-14)31-19-27-17(26-18(28-19)29-8-10-30-11-9-29)25-15-3-1-2-13(12-15)20(22,23)24/h1-7,12H,8-11H2,(H,25,26,27,28). The number of halogens is 4. The van der Waals surface area contributed by atoms with E-state index in [4.69, 9.17) is 21.1 Å². The van der Waals surface area contributed by atoms with Gasteiger partial charge in [-0.25, -0.2) is 0 Å². The molecule has 1 aromatic heterocycles. The first-order chi connectivity index (χ1) is 14.9. The maximum absolute atomic E-state index is 13.0. The van der Waals surface area contributed by atoms with Crippen molar-refractivity contribution in [2.45, 2.75) is 6.18 Å². The molecule has 31 heavy (non-hydrogen) atoms. The Bertz CT molecular complexity index is 1040. The van der Waals surface area contributed by atoms with Gasteiger partial charge in [0.2, 0.25) is 11.9 Å². The first-order valence-corrected chi connectivity index (χ1v) is 9.71. The predicted molar refractivity (Wildman–Crippen MR) is 109 cm³/mol. The Balaban J connectivity index is 1.64. The molecule has 1 N–H and O–H groups in total. The predicted octanol–water partition coefficient (Wildman–Crippen LogP) is 4.92. The fraction of sp³-hybridized carbons (Fsp3) is 0.250. The fourth-order valence-corrected chi connectivity index (χ4v) is 2.99. The van der Waals surface area contributed by atoms with Gasteiger partial charge in [0.25, 0.3) is 0 Å². The summed E-state index contributed by atoms with van der Waals surface area (Å²) >= 11 is 5.90. The third-order valence-corrected chi connectivity index (χ3v) is 4.62. The van der Waals surface area contributed by atoms with Gasteiger partial charge in [-0.2, -0.15) is 28.1 Å². The number of nitrogens with zero attached hydrogens (tertiary/aromatic N) is 4. The van der Waals surface area contributed by atoms with Crippen LogP contribution < -0.4 is 15.0 Å². The smallest absolute Gasteiger partial charge is 0.416 e. The molecule has 7 nitrogen and oxygen atoms in total. The monoisotopic (exact) mass is 451 g/mol. The molecule has 0 radical (unpaired) electrons. The molecule has 2 heterocycles. The van der Waals surface area contributed by atoms with E-state index in [1.54, 1.807) is 24.3 Å². The van der Waals surface area contributed by atoms with E-state index in [-0.39, 0.29) is 17.6 Å². The van der Waals surface area contributed by atoms with Crippen molar-refractivity contribution in [3.8, 4) is 11.8 Å². The molecule has 162 valence electrons. The van der Waals surface area contributed by atoms with Gasteiger partial charge in [0.15, 0.2) is 0 Å². The molecule has 1 aliphatic heterocycles. The van der Waals surface area contributed by atoms with Gasteiger partial charge >= 0.3 is 12.2 Å². The number of hydrogen-bond donors (Lipinski definition) is 1. The highest BCUT2D eigenvalue weighted by Crippen LogP contribution is 2.31. The van der Waals surface area contributed by atoms with Crippen LogP contribution in [-0.2, 0) is 10.9 Å². The minimum absolute atomic E-state index is 0.00621. The van der Waals surface area contributed by atoms with E-state index >= 15 is 0 Å². The van der Waals surface area contributed by atoms with Crippen LogP contribution >= 0.6 is 11.6 Å². The Morgan fingerprint density at radius 1 is 1.00 bits per heavy atom. The van der Waals surface area contributed by atoms with Crippen LogP contribution in [0.2, 0.25) is 5.02 Å². The molecule has 0 bridgehead atoms. The Labute approximate surface area is 180 Å². The summed E-state index contributed by atoms with van der Waals surface area (Å²) < 4.78 is 50.2. The second-order valence-electron chi connectivity index (χ2n) is 6.60. The highest BCUT2D eigenvalue weighted by atomic mass is 35.5. The van der Waals surface area contributed by atoms with Gasteiger partial charge in [0.05, 0.1) is 18.8 Å². The molecule has 3 aromatic rings. The topological polar surface area (TPSA) is 72.4 Å². The lowest BCUT2D eigenvalue weighted by Crippen LogP contribution is -2.37. The molecule has 0 saturated carbocycles. The van der Waals surface area contributed by atoms with Crippen LogP contribution in [0.4, 0.5) is 30.8 Å². The second kappa shape index (κ2) is 8.94. The van der Waals surface area contributed by atoms with E-state index in [0.717, 1.165) is 12.1 Å². The number of morpholine rings is 1. The molecule has 2 aromatic carbocycles. The van der Waals surface area contributed by atoms with Gasteiger partial charge in [-0.1, -0.05) is 17.7 Å². The van der Waals surface area contributed by atoms with E-state index < -0.39 is 11.7 Å². The summed E-state index contributed by atoms with van der Waals surface area (Å²) in [6.07, 6.45) is -4.46. The zero-order chi connectivity index (χ0) is 21.8. The summed E-state index contributed by atoms with van der Waals surface area (Å²) in [5.41, 5.74) is -0.594. The summed E-state index contributed by atoms with van der Waals surface area (Å²) in [6, 6.07) is 11.4. The Hall–Kier alpha value is -3.11. The zero-order valence-corrected chi connectivity index (χ0v) is 16.8. The molecule has 0 aliphatic carbocycles. The Kier molecular flexibility index (Phi) is 6.10. The van der Waals surface area contributed by atoms with Gasteiger partial charge in [-0.3, -0.25) is 0 Å². The van der Waals surface area contributed by atoms with Crippen LogP contribution in [0.25, 0.3) is 0 Å². The highest BCUT2D eigenvalue weighted by molar-refractivity contribution is 6.30. The van der Waals surface area contributed by atoms with E-state index in [1.165, 1.54) is 12.1 Å². The summed E-state index contributed by atoms with van der Waals surface area (Å²) in [4.78, 5) is 14.8. The number of anilines is 3. The van der Waals surface area contributed by atoms with Gasteiger partial charge in [0.1, 0.15) is 5.75 Å². The minimum Gasteiger partial charge on any atom is -0.424 e. The minimum atomic E-state index is -4.46. The second-order valence-corrected chi connectivity index (χ2v) is 7.04. The average Bonchev–Trinajstić information content (AvgIpc) is 2.75. The number of rotatable bonds is 5. The van der Waals surface area contributed by atoms with Crippen molar-refractivity contribution >= 4 is 29.2 Å². The van der Waals surface area contributed by atoms with Crippen molar-refractivity contribution < 1.29 is 22.6 Å². The lowest BCUT2D eigenvalue weighted by molar-refractivity contribution is -0.137. The van der Waals surface area contributed by atoms with Crippen molar-refractivity contribution in [2.75, 3.05) is 36.5 Å². The van der Waals surface area contributed by atoms with Gasteiger partial charge in [0, 0.05) is 23.8 Å². The maximum atomic E-state index is 13.0. The lowest BCUT2D eigenvalue weighted by atomic mass is 10.2. The number of aromatic nitrogens is 3. The number of alkyl halides is 3. The van der Waals surface area contributed by atoms with Crippen LogP contribution in [0.3, 0.4) is 0 Å². The van der Waals surface area contributed by atoms with E-state index in [2.05, 4.69) is 20.3 Å². The van der Waals surface area contributed by atoms with Crippen LogP contribution in [0.5, 0.6) is 11.8 Å². The van der Waals surface area contributed by atoms with Crippen molar-refractivity contribution in [2.24, 2.45) is 0 Å². The molecule has 0 atom stereocenters. The number of benzene rings is 2. The number of nitrogens with one attached hydrogen (secondary N) is 1. The largest absolute Gasteiger partial charge is 0.424 e. The molecular formula is C20H17ClF3N5O2. The molecule has 11 heteroatoms. The summed E-state index contributed by atoms with van der Waals surface area (Å²) in [6.45, 7) is 2.14. The van der Waals surface area contributed by atoms with Crippen molar-refractivity contribution in [1.29, 1.82) is 0 Å². The van der Waals surface area contributed by atoms with E-state index in [9.17, 15) is 13.2 Å². The summed E-state index contributed by atoms with van der Waals surface area (Å²) in [5.74, 6) is 0.838. The summed E-state index contributed by atoms with van der Waals surface area (Å²) in [7, 11) is 0. The Morgan fingerprint density at radius 3 is 2.45 bits per heavy atom. The molecule has 0 spiro atoms. The van der Waals surface area contributed by atoms with Crippen LogP contribution in [0.1, 0.15) is 5.56 Å². The van der Waals surface area contributed by atoms with Crippen molar-refractivity contribution in [3.63, 3.8) is 0 Å². The van der Waals surface area contributed by atoms with Crippen molar-refractivity contribution in [1.82, 2.24) is 15.0 Å². The van der Waals surface area contributed by atoms with Gasteiger partial charge in [-0.15, -0.1) is 0 Å². The Morgan fingerprint density at radius 2 is 1.74 bits per heavy atom. The first-order valence-electron chi connectivity index (χ1n) is 9.33. The molecule has 0 unspecified atom stereocenters. The molecule has 1 saturated heterocycles. The molecule has 0 amide bonds. The highest BCUT2D eigenvalue weighted by Gasteiger charge is 2.30. The van der Waals surface area contributed by atoms with Crippen LogP contribution in [0.15, 0.2) is 48.5 Å². The van der Waals surface area contributed by atoms with E-state index in [0.29, 0.717) is 43.0 Å². The van der Waals surface area contributed by atoms with Crippen LogP contribution in [0, 0.1) is 0 Å². The average molecular weight is 452 g/mol. The quantitative estimate of drug-likeness (QED) is 0.590. The lowest BCUT2D eigenvalue weighted by Gasteiger charge is -2.27. The number of hydrogen-bond acceptors (Lipinski definition) is 7. The third kappa shape index (κ3) is 5.53. The van der Waals surface area contributed by atoms with Crippen molar-refractivity contribution in [3.05, 3.63) is 59.1 Å². The fourth-order valence-electron chi connectivity index (χ4n) is 2.86. The SMILES string of the molecule is FC(F)(F)c1cccc(Nc2nc(Oc3ccc(Cl)cc3)nc(N3CCOCC3)n2)c1. The van der Waals surface area contributed by atoms with Gasteiger partial charge in [-0.05, 0) is 42.5 Å².